The normalized spacial score (nSPS) is 15.4. The van der Waals surface area contributed by atoms with E-state index in [1.165, 1.54) is 0 Å². The first-order valence-corrected chi connectivity index (χ1v) is 19.2. The van der Waals surface area contributed by atoms with Gasteiger partial charge in [-0.05, 0) is 102 Å². The van der Waals surface area contributed by atoms with Crippen LogP contribution in [0.4, 0.5) is 10.6 Å². The Morgan fingerprint density at radius 1 is 0.836 bits per heavy atom. The van der Waals surface area contributed by atoms with Gasteiger partial charge in [-0.25, -0.2) is 9.78 Å². The summed E-state index contributed by atoms with van der Waals surface area (Å²) in [7, 11) is 0. The van der Waals surface area contributed by atoms with E-state index in [2.05, 4.69) is 40.0 Å². The minimum atomic E-state index is -1.38. The summed E-state index contributed by atoms with van der Waals surface area (Å²) in [6, 6.07) is 27.1. The number of ether oxygens (including phenoxy) is 1. The molecule has 1 aromatic heterocycles. The number of benzene rings is 3. The van der Waals surface area contributed by atoms with Crippen molar-refractivity contribution in [3.8, 4) is 11.1 Å². The molecule has 0 bridgehead atoms. The number of nitrogens with one attached hydrogen (secondary N) is 3. The van der Waals surface area contributed by atoms with Crippen LogP contribution in [0.2, 0.25) is 0 Å². The number of hydrogen-bond donors (Lipinski definition) is 3. The van der Waals surface area contributed by atoms with Crippen molar-refractivity contribution in [1.82, 2.24) is 25.1 Å². The molecule has 3 aromatic carbocycles. The van der Waals surface area contributed by atoms with E-state index in [0.717, 1.165) is 35.1 Å². The van der Waals surface area contributed by atoms with Gasteiger partial charge in [-0.1, -0.05) is 91.9 Å². The zero-order valence-electron chi connectivity index (χ0n) is 33.2. The number of likely N-dealkylation sites (tertiary alicyclic amines) is 1. The number of aromatic nitrogens is 2. The van der Waals surface area contributed by atoms with E-state index in [1.807, 2.05) is 84.6 Å². The van der Waals surface area contributed by atoms with Crippen LogP contribution in [-0.2, 0) is 31.1 Å². The summed E-state index contributed by atoms with van der Waals surface area (Å²) in [5, 5.41) is 8.38. The minimum absolute atomic E-state index is 0.0482. The summed E-state index contributed by atoms with van der Waals surface area (Å²) in [5.41, 5.74) is 0.722. The summed E-state index contributed by atoms with van der Waals surface area (Å²) in [4.78, 5) is 61.1. The molecule has 0 saturated carbocycles. The Labute approximate surface area is 325 Å². The molecule has 4 aromatic rings. The Kier molecular flexibility index (Phi) is 12.8. The summed E-state index contributed by atoms with van der Waals surface area (Å²) in [6.45, 7) is 13.8. The largest absolute Gasteiger partial charge is 0.444 e. The number of carbonyl (C=O) groups excluding carboxylic acids is 4. The molecule has 2 atom stereocenters. The monoisotopic (exact) mass is 748 g/mol. The van der Waals surface area contributed by atoms with Crippen molar-refractivity contribution in [2.24, 2.45) is 5.92 Å². The molecular formula is C44H56N6O5. The lowest BCUT2D eigenvalue weighted by Crippen LogP contribution is -2.58. The summed E-state index contributed by atoms with van der Waals surface area (Å²) < 4.78 is 7.13. The maximum atomic E-state index is 14.5. The van der Waals surface area contributed by atoms with Crippen molar-refractivity contribution in [2.75, 3.05) is 18.4 Å². The number of anilines is 1. The molecule has 4 amide bonds. The van der Waals surface area contributed by atoms with Crippen molar-refractivity contribution in [2.45, 2.75) is 103 Å². The highest BCUT2D eigenvalue weighted by molar-refractivity contribution is 5.98. The predicted molar refractivity (Wildman–Crippen MR) is 215 cm³/mol. The first kappa shape index (κ1) is 40.7. The molecule has 55 heavy (non-hydrogen) atoms. The summed E-state index contributed by atoms with van der Waals surface area (Å²) in [5.74, 6) is -0.268. The summed E-state index contributed by atoms with van der Waals surface area (Å²) in [6.07, 6.45) is 6.00. The van der Waals surface area contributed by atoms with Gasteiger partial charge in [-0.15, -0.1) is 0 Å². The molecule has 1 unspecified atom stereocenters. The molecule has 0 aliphatic carbocycles. The summed E-state index contributed by atoms with van der Waals surface area (Å²) >= 11 is 0. The van der Waals surface area contributed by atoms with E-state index in [9.17, 15) is 19.2 Å². The second-order valence-electron chi connectivity index (χ2n) is 16.3. The third-order valence-electron chi connectivity index (χ3n) is 10.2. The molecule has 3 N–H and O–H groups in total. The van der Waals surface area contributed by atoms with Crippen LogP contribution < -0.4 is 16.0 Å². The Morgan fingerprint density at radius 2 is 1.44 bits per heavy atom. The second kappa shape index (κ2) is 17.3. The van der Waals surface area contributed by atoms with Gasteiger partial charge in [0.15, 0.2) is 5.82 Å². The molecular weight excluding hydrogens is 693 g/mol. The van der Waals surface area contributed by atoms with Crippen LogP contribution in [0.25, 0.3) is 11.1 Å². The number of rotatable bonds is 13. The molecule has 11 heteroatoms. The molecule has 2 heterocycles. The molecule has 11 nitrogen and oxygen atoms in total. The van der Waals surface area contributed by atoms with Gasteiger partial charge >= 0.3 is 6.09 Å². The minimum Gasteiger partial charge on any atom is -0.444 e. The van der Waals surface area contributed by atoms with Crippen molar-refractivity contribution < 1.29 is 23.9 Å². The van der Waals surface area contributed by atoms with Crippen LogP contribution in [0, 0.1) is 5.92 Å². The van der Waals surface area contributed by atoms with Gasteiger partial charge in [0.1, 0.15) is 22.7 Å². The predicted octanol–water partition coefficient (Wildman–Crippen LogP) is 7.32. The van der Waals surface area contributed by atoms with Crippen LogP contribution in [0.5, 0.6) is 0 Å². The highest BCUT2D eigenvalue weighted by Crippen LogP contribution is 2.33. The fraction of sp³-hybridized carbons (Fsp3) is 0.432. The van der Waals surface area contributed by atoms with Crippen molar-refractivity contribution in [3.05, 3.63) is 109 Å². The zero-order valence-corrected chi connectivity index (χ0v) is 33.2. The van der Waals surface area contributed by atoms with Crippen LogP contribution in [0.1, 0.15) is 85.3 Å². The van der Waals surface area contributed by atoms with Crippen molar-refractivity contribution >= 4 is 29.6 Å². The average Bonchev–Trinajstić information content (AvgIpc) is 3.62. The average molecular weight is 749 g/mol. The van der Waals surface area contributed by atoms with E-state index in [4.69, 9.17) is 4.74 Å². The van der Waals surface area contributed by atoms with Crippen LogP contribution in [-0.4, -0.2) is 68.5 Å². The third-order valence-corrected chi connectivity index (χ3v) is 10.2. The highest BCUT2D eigenvalue weighted by atomic mass is 16.6. The van der Waals surface area contributed by atoms with Crippen molar-refractivity contribution in [1.29, 1.82) is 0 Å². The maximum Gasteiger partial charge on any atom is 0.408 e. The fourth-order valence-electron chi connectivity index (χ4n) is 6.74. The Bertz CT molecular complexity index is 1910. The molecule has 0 radical (unpaired) electrons. The quantitative estimate of drug-likeness (QED) is 0.131. The van der Waals surface area contributed by atoms with Crippen LogP contribution in [0.3, 0.4) is 0 Å². The SMILES string of the molecule is CC1CCN(C(=O)C(C)(c2ccc(-c3ccccc3)cc2)n2cnc(NC(=O)[C@@H](CCCc3ccccc3)NC(=O)C(C)(C)NC(=O)OC(C)(C)C)c2)CC1. The lowest BCUT2D eigenvalue weighted by Gasteiger charge is -2.39. The standard InChI is InChI=1S/C44H56N6O5/c1-31-25-27-49(28-26-31)40(53)44(7,35-23-21-34(22-24-35)33-18-12-9-13-19-33)50-29-37(45-30-50)47-38(51)36(20-14-17-32-15-10-8-11-16-32)46-39(52)43(5,6)48-41(54)55-42(2,3)4/h8-13,15-16,18-19,21-24,29-31,36H,14,17,20,25-28H2,1-7H3,(H,46,52)(H,47,51)(H,48,54)/t36-,44?/m1/s1. The number of amides is 4. The number of aryl methyl sites for hydroxylation is 1. The highest BCUT2D eigenvalue weighted by Gasteiger charge is 2.41. The van der Waals surface area contributed by atoms with E-state index < -0.39 is 40.6 Å². The Morgan fingerprint density at radius 3 is 2.05 bits per heavy atom. The molecule has 292 valence electrons. The molecule has 1 aliphatic heterocycles. The number of imidazole rings is 1. The number of nitrogens with zero attached hydrogens (tertiary/aromatic N) is 3. The van der Waals surface area contributed by atoms with Crippen LogP contribution >= 0.6 is 0 Å². The fourth-order valence-corrected chi connectivity index (χ4v) is 6.74. The van der Waals surface area contributed by atoms with E-state index in [0.29, 0.717) is 38.3 Å². The first-order valence-electron chi connectivity index (χ1n) is 19.2. The molecule has 0 spiro atoms. The smallest absolute Gasteiger partial charge is 0.408 e. The molecule has 5 rings (SSSR count). The first-order chi connectivity index (χ1) is 26.0. The van der Waals surface area contributed by atoms with Crippen molar-refractivity contribution in [3.63, 3.8) is 0 Å². The van der Waals surface area contributed by atoms with Gasteiger partial charge < -0.3 is 30.2 Å². The van der Waals surface area contributed by atoms with Gasteiger partial charge in [-0.2, -0.15) is 0 Å². The van der Waals surface area contributed by atoms with Gasteiger partial charge in [0, 0.05) is 19.3 Å². The lowest BCUT2D eigenvalue weighted by molar-refractivity contribution is -0.139. The van der Waals surface area contributed by atoms with Gasteiger partial charge in [0.2, 0.25) is 11.8 Å². The van der Waals surface area contributed by atoms with Crippen LogP contribution in [0.15, 0.2) is 97.5 Å². The van der Waals surface area contributed by atoms with Gasteiger partial charge in [0.05, 0.1) is 6.33 Å². The van der Waals surface area contributed by atoms with E-state index in [1.54, 1.807) is 51.7 Å². The van der Waals surface area contributed by atoms with E-state index >= 15 is 0 Å². The molecule has 1 aliphatic rings. The topological polar surface area (TPSA) is 135 Å². The molecule has 1 fully saturated rings. The Hall–Kier alpha value is -5.45. The molecule has 1 saturated heterocycles. The number of piperidine rings is 1. The Balaban J connectivity index is 1.38. The zero-order chi connectivity index (χ0) is 39.8. The number of hydrogen-bond acceptors (Lipinski definition) is 6. The maximum absolute atomic E-state index is 14.5. The van der Waals surface area contributed by atoms with E-state index in [-0.39, 0.29) is 11.7 Å². The lowest BCUT2D eigenvalue weighted by atomic mass is 9.87. The number of carbonyl (C=O) groups is 4. The number of alkyl carbamates (subject to hydrolysis) is 1. The second-order valence-corrected chi connectivity index (χ2v) is 16.3. The van der Waals surface area contributed by atoms with Gasteiger partial charge in [0.25, 0.3) is 5.91 Å². The van der Waals surface area contributed by atoms with Gasteiger partial charge in [-0.3, -0.25) is 14.4 Å². The third kappa shape index (κ3) is 10.6.